The van der Waals surface area contributed by atoms with Gasteiger partial charge >= 0.3 is 0 Å². The Morgan fingerprint density at radius 3 is 2.67 bits per heavy atom. The highest BCUT2D eigenvalue weighted by molar-refractivity contribution is 5.93. The summed E-state index contributed by atoms with van der Waals surface area (Å²) in [7, 11) is 0. The Labute approximate surface area is 125 Å². The van der Waals surface area contributed by atoms with Crippen molar-refractivity contribution in [3.8, 4) is 5.88 Å². The summed E-state index contributed by atoms with van der Waals surface area (Å²) in [5.41, 5.74) is -0.271. The van der Waals surface area contributed by atoms with Crippen LogP contribution in [-0.4, -0.2) is 34.2 Å². The van der Waals surface area contributed by atoms with E-state index < -0.39 is 5.60 Å². The number of hydrogen-bond acceptors (Lipinski definition) is 4. The molecule has 1 aliphatic rings. The minimum absolute atomic E-state index is 0.0534. The van der Waals surface area contributed by atoms with Crippen LogP contribution in [0.15, 0.2) is 18.3 Å². The van der Waals surface area contributed by atoms with Gasteiger partial charge in [-0.25, -0.2) is 4.98 Å². The highest BCUT2D eigenvalue weighted by Crippen LogP contribution is 2.27. The van der Waals surface area contributed by atoms with Crippen molar-refractivity contribution >= 4 is 5.91 Å². The number of pyridine rings is 1. The van der Waals surface area contributed by atoms with Crippen LogP contribution in [-0.2, 0) is 0 Å². The van der Waals surface area contributed by atoms with Gasteiger partial charge in [-0.1, -0.05) is 19.3 Å². The molecule has 1 amide bonds. The zero-order chi connectivity index (χ0) is 15.3. The third kappa shape index (κ3) is 4.70. The molecule has 0 unspecified atom stereocenters. The number of carbonyl (C=O) groups is 1. The largest absolute Gasteiger partial charge is 0.475 e. The minimum atomic E-state index is -0.748. The van der Waals surface area contributed by atoms with E-state index in [0.717, 1.165) is 32.1 Å². The van der Waals surface area contributed by atoms with E-state index in [2.05, 4.69) is 10.3 Å². The second-order valence-electron chi connectivity index (χ2n) is 6.02. The Hall–Kier alpha value is -1.62. The van der Waals surface area contributed by atoms with Crippen molar-refractivity contribution in [3.63, 3.8) is 0 Å². The lowest BCUT2D eigenvalue weighted by Gasteiger charge is -2.32. The van der Waals surface area contributed by atoms with Crippen LogP contribution in [0, 0.1) is 0 Å². The van der Waals surface area contributed by atoms with Crippen LogP contribution < -0.4 is 10.1 Å². The van der Waals surface area contributed by atoms with Crippen LogP contribution in [0.1, 0.15) is 56.3 Å². The van der Waals surface area contributed by atoms with E-state index in [1.165, 1.54) is 6.20 Å². The molecule has 1 aromatic rings. The number of nitrogens with zero attached hydrogens (tertiary/aromatic N) is 1. The molecule has 0 atom stereocenters. The molecule has 1 saturated carbocycles. The molecule has 1 fully saturated rings. The lowest BCUT2D eigenvalue weighted by molar-refractivity contribution is 0.00525. The summed E-state index contributed by atoms with van der Waals surface area (Å²) in [6, 6.07) is 3.37. The van der Waals surface area contributed by atoms with Crippen molar-refractivity contribution in [1.29, 1.82) is 0 Å². The minimum Gasteiger partial charge on any atom is -0.475 e. The normalized spacial score (nSPS) is 17.5. The molecule has 5 nitrogen and oxygen atoms in total. The summed E-state index contributed by atoms with van der Waals surface area (Å²) in [4.78, 5) is 16.2. The molecule has 0 aromatic carbocycles. The SMILES string of the molecule is CC(C)Oc1ccc(C(=O)NCC2(O)CCCCC2)cn1. The number of aromatic nitrogens is 1. The molecule has 2 rings (SSSR count). The Bertz CT molecular complexity index is 465. The van der Waals surface area contributed by atoms with Gasteiger partial charge in [0.1, 0.15) is 0 Å². The summed E-state index contributed by atoms with van der Waals surface area (Å²) in [6.45, 7) is 4.15. The molecule has 0 aliphatic heterocycles. The smallest absolute Gasteiger partial charge is 0.252 e. The maximum atomic E-state index is 12.1. The van der Waals surface area contributed by atoms with E-state index in [-0.39, 0.29) is 12.0 Å². The number of nitrogens with one attached hydrogen (secondary N) is 1. The van der Waals surface area contributed by atoms with Gasteiger partial charge in [0, 0.05) is 18.8 Å². The predicted molar refractivity (Wildman–Crippen MR) is 80.4 cm³/mol. The van der Waals surface area contributed by atoms with Crippen molar-refractivity contribution in [3.05, 3.63) is 23.9 Å². The molecule has 2 N–H and O–H groups in total. The van der Waals surface area contributed by atoms with E-state index in [9.17, 15) is 9.90 Å². The molecule has 0 spiro atoms. The molecule has 1 heterocycles. The first-order valence-corrected chi connectivity index (χ1v) is 7.62. The number of hydrogen-bond donors (Lipinski definition) is 2. The quantitative estimate of drug-likeness (QED) is 0.873. The average molecular weight is 292 g/mol. The zero-order valence-corrected chi connectivity index (χ0v) is 12.8. The Morgan fingerprint density at radius 2 is 2.10 bits per heavy atom. The summed E-state index contributed by atoms with van der Waals surface area (Å²) in [5, 5.41) is 13.2. The second kappa shape index (κ2) is 6.89. The molecule has 1 aromatic heterocycles. The number of carbonyl (C=O) groups excluding carboxylic acids is 1. The van der Waals surface area contributed by atoms with Crippen LogP contribution in [0.25, 0.3) is 0 Å². The average Bonchev–Trinajstić information content (AvgIpc) is 2.46. The first kappa shape index (κ1) is 15.8. The maximum absolute atomic E-state index is 12.1. The summed E-state index contributed by atoms with van der Waals surface area (Å²) >= 11 is 0. The molecule has 0 saturated heterocycles. The predicted octanol–water partition coefficient (Wildman–Crippen LogP) is 2.29. The van der Waals surface area contributed by atoms with Gasteiger partial charge < -0.3 is 15.2 Å². The highest BCUT2D eigenvalue weighted by atomic mass is 16.5. The fourth-order valence-electron chi connectivity index (χ4n) is 2.56. The molecule has 0 bridgehead atoms. The van der Waals surface area contributed by atoms with Gasteiger partial charge in [0.25, 0.3) is 5.91 Å². The number of amides is 1. The van der Waals surface area contributed by atoms with Gasteiger partial charge in [0.15, 0.2) is 0 Å². The standard InChI is InChI=1S/C16H24N2O3/c1-12(2)21-14-7-6-13(10-17-14)15(19)18-11-16(20)8-4-3-5-9-16/h6-7,10,12,20H,3-5,8-9,11H2,1-2H3,(H,18,19). The highest BCUT2D eigenvalue weighted by Gasteiger charge is 2.29. The van der Waals surface area contributed by atoms with Gasteiger partial charge in [0.2, 0.25) is 5.88 Å². The Kier molecular flexibility index (Phi) is 5.17. The third-order valence-electron chi connectivity index (χ3n) is 3.72. The monoisotopic (exact) mass is 292 g/mol. The summed E-state index contributed by atoms with van der Waals surface area (Å²) in [5.74, 6) is 0.296. The number of ether oxygens (including phenoxy) is 1. The molecule has 21 heavy (non-hydrogen) atoms. The van der Waals surface area contributed by atoms with E-state index in [0.29, 0.717) is 18.0 Å². The zero-order valence-electron chi connectivity index (χ0n) is 12.8. The maximum Gasteiger partial charge on any atom is 0.252 e. The van der Waals surface area contributed by atoms with Crippen LogP contribution >= 0.6 is 0 Å². The van der Waals surface area contributed by atoms with Crippen molar-refractivity contribution in [1.82, 2.24) is 10.3 Å². The van der Waals surface area contributed by atoms with E-state index in [1.807, 2.05) is 13.8 Å². The molecule has 0 radical (unpaired) electrons. The second-order valence-corrected chi connectivity index (χ2v) is 6.02. The lowest BCUT2D eigenvalue weighted by atomic mass is 9.85. The first-order chi connectivity index (χ1) is 9.98. The van der Waals surface area contributed by atoms with Gasteiger partial charge in [-0.05, 0) is 32.8 Å². The van der Waals surface area contributed by atoms with Crippen molar-refractivity contribution in [2.24, 2.45) is 0 Å². The fourth-order valence-corrected chi connectivity index (χ4v) is 2.56. The van der Waals surface area contributed by atoms with Gasteiger partial charge in [-0.15, -0.1) is 0 Å². The van der Waals surface area contributed by atoms with Crippen LogP contribution in [0.3, 0.4) is 0 Å². The van der Waals surface area contributed by atoms with Crippen molar-refractivity contribution in [2.75, 3.05) is 6.54 Å². The molecule has 116 valence electrons. The Balaban J connectivity index is 1.88. The number of aliphatic hydroxyl groups is 1. The van der Waals surface area contributed by atoms with Crippen molar-refractivity contribution < 1.29 is 14.6 Å². The van der Waals surface area contributed by atoms with Crippen LogP contribution in [0.2, 0.25) is 0 Å². The first-order valence-electron chi connectivity index (χ1n) is 7.62. The summed E-state index contributed by atoms with van der Waals surface area (Å²) in [6.07, 6.45) is 6.27. The molecule has 1 aliphatic carbocycles. The van der Waals surface area contributed by atoms with Gasteiger partial charge in [-0.3, -0.25) is 4.79 Å². The number of rotatable bonds is 5. The van der Waals surface area contributed by atoms with Crippen LogP contribution in [0.4, 0.5) is 0 Å². The molecular formula is C16H24N2O3. The third-order valence-corrected chi connectivity index (χ3v) is 3.72. The summed E-state index contributed by atoms with van der Waals surface area (Å²) < 4.78 is 5.44. The van der Waals surface area contributed by atoms with E-state index in [1.54, 1.807) is 12.1 Å². The van der Waals surface area contributed by atoms with Gasteiger partial charge in [0.05, 0.1) is 17.3 Å². The molecular weight excluding hydrogens is 268 g/mol. The molecule has 5 heteroatoms. The topological polar surface area (TPSA) is 71.5 Å². The van der Waals surface area contributed by atoms with Crippen LogP contribution in [0.5, 0.6) is 5.88 Å². The Morgan fingerprint density at radius 1 is 1.38 bits per heavy atom. The van der Waals surface area contributed by atoms with E-state index >= 15 is 0 Å². The fraction of sp³-hybridized carbons (Fsp3) is 0.625. The van der Waals surface area contributed by atoms with Crippen molar-refractivity contribution in [2.45, 2.75) is 57.7 Å². The lowest BCUT2D eigenvalue weighted by Crippen LogP contribution is -2.44. The van der Waals surface area contributed by atoms with Gasteiger partial charge in [-0.2, -0.15) is 0 Å². The van der Waals surface area contributed by atoms with E-state index in [4.69, 9.17) is 4.74 Å².